The molecule has 0 unspecified atom stereocenters. The summed E-state index contributed by atoms with van der Waals surface area (Å²) < 4.78 is 0. The number of nitrogens with zero attached hydrogens (tertiary/aromatic N) is 1. The molecule has 0 aliphatic heterocycles. The molecular weight excluding hydrogens is 262 g/mol. The monoisotopic (exact) mass is 289 g/mol. The van der Waals surface area contributed by atoms with E-state index in [4.69, 9.17) is 5.73 Å². The molecule has 1 aliphatic rings. The Bertz CT molecular complexity index is 479. The van der Waals surface area contributed by atoms with E-state index in [2.05, 4.69) is 5.32 Å². The van der Waals surface area contributed by atoms with Gasteiger partial charge in [0.05, 0.1) is 11.4 Å². The number of rotatable bonds is 5. The molecule has 0 aromatic heterocycles. The zero-order valence-corrected chi connectivity index (χ0v) is 13.2. The lowest BCUT2D eigenvalue weighted by Gasteiger charge is -2.22. The Kier molecular flexibility index (Phi) is 5.48. The average Bonchev–Trinajstić information content (AvgIpc) is 2.49. The first-order chi connectivity index (χ1) is 10.1. The molecule has 1 saturated carbocycles. The van der Waals surface area contributed by atoms with Gasteiger partial charge in [-0.3, -0.25) is 4.79 Å². The molecule has 1 aliphatic carbocycles. The zero-order valence-electron chi connectivity index (χ0n) is 13.2. The lowest BCUT2D eigenvalue weighted by molar-refractivity contribution is 0.0827. The summed E-state index contributed by atoms with van der Waals surface area (Å²) in [6, 6.07) is 5.45. The number of hydrogen-bond donors (Lipinski definition) is 2. The fraction of sp³-hybridized carbons (Fsp3) is 0.588. The third kappa shape index (κ3) is 4.38. The van der Waals surface area contributed by atoms with Crippen LogP contribution >= 0.6 is 0 Å². The summed E-state index contributed by atoms with van der Waals surface area (Å²) in [5.41, 5.74) is 8.25. The summed E-state index contributed by atoms with van der Waals surface area (Å²) in [5.74, 6) is 0.851. The number of carbonyl (C=O) groups is 1. The van der Waals surface area contributed by atoms with Crippen molar-refractivity contribution < 1.29 is 4.79 Å². The lowest BCUT2D eigenvalue weighted by Crippen LogP contribution is -2.22. The molecule has 3 N–H and O–H groups in total. The third-order valence-corrected chi connectivity index (χ3v) is 4.30. The highest BCUT2D eigenvalue weighted by Gasteiger charge is 2.14. The average molecular weight is 289 g/mol. The van der Waals surface area contributed by atoms with Crippen molar-refractivity contribution in [2.75, 3.05) is 31.7 Å². The van der Waals surface area contributed by atoms with Gasteiger partial charge in [-0.15, -0.1) is 0 Å². The van der Waals surface area contributed by atoms with E-state index in [1.54, 1.807) is 31.1 Å². The van der Waals surface area contributed by atoms with Gasteiger partial charge in [0.15, 0.2) is 0 Å². The van der Waals surface area contributed by atoms with Crippen LogP contribution in [0.2, 0.25) is 0 Å². The van der Waals surface area contributed by atoms with Gasteiger partial charge in [0.2, 0.25) is 0 Å². The summed E-state index contributed by atoms with van der Waals surface area (Å²) >= 11 is 0. The van der Waals surface area contributed by atoms with Gasteiger partial charge < -0.3 is 16.0 Å². The van der Waals surface area contributed by atoms with Crippen molar-refractivity contribution in [3.63, 3.8) is 0 Å². The summed E-state index contributed by atoms with van der Waals surface area (Å²) in [6.07, 6.45) is 8.04. The second kappa shape index (κ2) is 7.34. The minimum absolute atomic E-state index is 0.00494. The summed E-state index contributed by atoms with van der Waals surface area (Å²) in [4.78, 5) is 13.6. The number of nitrogen functional groups attached to an aromatic ring is 1. The van der Waals surface area contributed by atoms with E-state index < -0.39 is 0 Å². The first kappa shape index (κ1) is 15.7. The van der Waals surface area contributed by atoms with Crippen molar-refractivity contribution in [1.82, 2.24) is 4.90 Å². The number of nitrogens with one attached hydrogen (secondary N) is 1. The van der Waals surface area contributed by atoms with Crippen molar-refractivity contribution in [3.8, 4) is 0 Å². The number of amides is 1. The Hall–Kier alpha value is -1.71. The molecule has 1 amide bonds. The molecule has 4 nitrogen and oxygen atoms in total. The Morgan fingerprint density at radius 2 is 2.00 bits per heavy atom. The molecule has 1 fully saturated rings. The van der Waals surface area contributed by atoms with Crippen LogP contribution in [0.4, 0.5) is 11.4 Å². The van der Waals surface area contributed by atoms with E-state index in [9.17, 15) is 4.79 Å². The predicted molar refractivity (Wildman–Crippen MR) is 88.6 cm³/mol. The van der Waals surface area contributed by atoms with E-state index in [1.165, 1.54) is 38.5 Å². The standard InChI is InChI=1S/C17H27N3O/c1-20(2)17(21)14-8-9-15(18)16(12-14)19-11-10-13-6-4-3-5-7-13/h8-9,12-13,19H,3-7,10-11,18H2,1-2H3. The smallest absolute Gasteiger partial charge is 0.253 e. The first-order valence-electron chi connectivity index (χ1n) is 7.93. The lowest BCUT2D eigenvalue weighted by atomic mass is 9.87. The largest absolute Gasteiger partial charge is 0.397 e. The summed E-state index contributed by atoms with van der Waals surface area (Å²) in [5, 5.41) is 3.40. The van der Waals surface area contributed by atoms with E-state index in [0.29, 0.717) is 11.3 Å². The van der Waals surface area contributed by atoms with Crippen molar-refractivity contribution in [2.45, 2.75) is 38.5 Å². The fourth-order valence-electron chi connectivity index (χ4n) is 2.99. The Balaban J connectivity index is 1.92. The van der Waals surface area contributed by atoms with Crippen LogP contribution in [0.5, 0.6) is 0 Å². The van der Waals surface area contributed by atoms with E-state index in [0.717, 1.165) is 18.2 Å². The number of benzene rings is 1. The van der Waals surface area contributed by atoms with Gasteiger partial charge in [-0.05, 0) is 30.5 Å². The minimum Gasteiger partial charge on any atom is -0.397 e. The summed E-state index contributed by atoms with van der Waals surface area (Å²) in [6.45, 7) is 0.925. The molecule has 1 aromatic rings. The van der Waals surface area contributed by atoms with E-state index >= 15 is 0 Å². The highest BCUT2D eigenvalue weighted by molar-refractivity contribution is 5.95. The van der Waals surface area contributed by atoms with Gasteiger partial charge in [0, 0.05) is 26.2 Å². The van der Waals surface area contributed by atoms with Crippen LogP contribution in [0.3, 0.4) is 0 Å². The van der Waals surface area contributed by atoms with Gasteiger partial charge >= 0.3 is 0 Å². The maximum absolute atomic E-state index is 12.0. The molecule has 0 saturated heterocycles. The van der Waals surface area contributed by atoms with Gasteiger partial charge in [-0.25, -0.2) is 0 Å². The molecule has 4 heteroatoms. The molecular formula is C17H27N3O. The fourth-order valence-corrected chi connectivity index (χ4v) is 2.99. The SMILES string of the molecule is CN(C)C(=O)c1ccc(N)c(NCCC2CCCCC2)c1. The van der Waals surface area contributed by atoms with Gasteiger partial charge in [0.25, 0.3) is 5.91 Å². The second-order valence-electron chi connectivity index (χ2n) is 6.22. The van der Waals surface area contributed by atoms with Crippen LogP contribution in [-0.4, -0.2) is 31.4 Å². The molecule has 0 spiro atoms. The first-order valence-corrected chi connectivity index (χ1v) is 7.93. The molecule has 1 aromatic carbocycles. The van der Waals surface area contributed by atoms with Crippen LogP contribution in [0, 0.1) is 5.92 Å². The number of carbonyl (C=O) groups excluding carboxylic acids is 1. The normalized spacial score (nSPS) is 15.7. The topological polar surface area (TPSA) is 58.4 Å². The number of nitrogens with two attached hydrogens (primary N) is 1. The molecule has 2 rings (SSSR count). The molecule has 21 heavy (non-hydrogen) atoms. The van der Waals surface area contributed by atoms with Gasteiger partial charge in [-0.2, -0.15) is 0 Å². The quantitative estimate of drug-likeness (QED) is 0.817. The molecule has 0 radical (unpaired) electrons. The Morgan fingerprint density at radius 3 is 2.67 bits per heavy atom. The van der Waals surface area contributed by atoms with Crippen molar-refractivity contribution in [3.05, 3.63) is 23.8 Å². The van der Waals surface area contributed by atoms with E-state index in [1.807, 2.05) is 6.07 Å². The molecule has 0 bridgehead atoms. The maximum Gasteiger partial charge on any atom is 0.253 e. The summed E-state index contributed by atoms with van der Waals surface area (Å²) in [7, 11) is 3.52. The van der Waals surface area contributed by atoms with Crippen molar-refractivity contribution in [2.24, 2.45) is 5.92 Å². The second-order valence-corrected chi connectivity index (χ2v) is 6.22. The third-order valence-electron chi connectivity index (χ3n) is 4.30. The van der Waals surface area contributed by atoms with Gasteiger partial charge in [0.1, 0.15) is 0 Å². The van der Waals surface area contributed by atoms with Gasteiger partial charge in [-0.1, -0.05) is 32.1 Å². The highest BCUT2D eigenvalue weighted by atomic mass is 16.2. The predicted octanol–water partition coefficient (Wildman–Crippen LogP) is 3.35. The van der Waals surface area contributed by atoms with Crippen molar-refractivity contribution in [1.29, 1.82) is 0 Å². The van der Waals surface area contributed by atoms with Crippen LogP contribution in [-0.2, 0) is 0 Å². The molecule has 116 valence electrons. The Labute approximate surface area is 127 Å². The maximum atomic E-state index is 12.0. The minimum atomic E-state index is 0.00494. The number of hydrogen-bond acceptors (Lipinski definition) is 3. The van der Waals surface area contributed by atoms with Crippen LogP contribution in [0.1, 0.15) is 48.9 Å². The van der Waals surface area contributed by atoms with Crippen LogP contribution in [0.15, 0.2) is 18.2 Å². The highest BCUT2D eigenvalue weighted by Crippen LogP contribution is 2.27. The molecule has 0 atom stereocenters. The van der Waals surface area contributed by atoms with E-state index in [-0.39, 0.29) is 5.91 Å². The Morgan fingerprint density at radius 1 is 1.29 bits per heavy atom. The number of anilines is 2. The zero-order chi connectivity index (χ0) is 15.2. The molecule has 0 heterocycles. The van der Waals surface area contributed by atoms with Crippen LogP contribution in [0.25, 0.3) is 0 Å². The van der Waals surface area contributed by atoms with Crippen LogP contribution < -0.4 is 11.1 Å². The van der Waals surface area contributed by atoms with Crippen molar-refractivity contribution >= 4 is 17.3 Å².